The van der Waals surface area contributed by atoms with E-state index >= 15 is 0 Å². The smallest absolute Gasteiger partial charge is 0.159 e. The Hall–Kier alpha value is -7.50. The summed E-state index contributed by atoms with van der Waals surface area (Å²) in [6, 6.07) is 64.8. The topological polar surface area (TPSA) is 54.8 Å². The fraction of sp³-hybridized carbons (Fsp3) is 0.0741. The van der Waals surface area contributed by atoms with Crippen molar-refractivity contribution < 1.29 is 4.42 Å². The third-order valence-electron chi connectivity index (χ3n) is 12.5. The minimum absolute atomic E-state index is 0.113. The lowest BCUT2D eigenvalue weighted by molar-refractivity contribution is 0.645. The van der Waals surface area contributed by atoms with Crippen LogP contribution in [0.1, 0.15) is 47.8 Å². The van der Waals surface area contributed by atoms with Gasteiger partial charge in [-0.1, -0.05) is 153 Å². The SMILES string of the molecule is CC1(C)c2ccccc2-c2ccc(C3N=C(c4ccccc4)N=C(c4ccc5c(c4)oc4cc(-n6c7ccccc7c7ccc(-c8ccccc8)cc76)ccc45)N3)cc21. The van der Waals surface area contributed by atoms with E-state index in [2.05, 4.69) is 188 Å². The highest BCUT2D eigenvalue weighted by Crippen LogP contribution is 2.49. The van der Waals surface area contributed by atoms with Gasteiger partial charge < -0.3 is 14.3 Å². The van der Waals surface area contributed by atoms with Crippen LogP contribution in [0.5, 0.6) is 0 Å². The molecule has 0 fully saturated rings. The van der Waals surface area contributed by atoms with Crippen molar-refractivity contribution in [3.8, 4) is 27.9 Å². The summed E-state index contributed by atoms with van der Waals surface area (Å²) < 4.78 is 9.10. The van der Waals surface area contributed by atoms with Crippen LogP contribution in [0.25, 0.3) is 71.7 Å². The molecule has 1 unspecified atom stereocenters. The molecule has 5 heteroatoms. The number of nitrogens with one attached hydrogen (secondary N) is 1. The van der Waals surface area contributed by atoms with E-state index in [9.17, 15) is 0 Å². The summed E-state index contributed by atoms with van der Waals surface area (Å²) in [5.74, 6) is 1.46. The van der Waals surface area contributed by atoms with Gasteiger partial charge in [-0.25, -0.2) is 9.98 Å². The molecule has 1 atom stereocenters. The molecule has 1 aliphatic carbocycles. The number of rotatable bonds is 5. The Bertz CT molecular complexity index is 3390. The number of benzene rings is 8. The predicted octanol–water partition coefficient (Wildman–Crippen LogP) is 13.2. The number of aromatic nitrogens is 1. The maximum atomic E-state index is 6.74. The number of nitrogens with zero attached hydrogens (tertiary/aromatic N) is 3. The van der Waals surface area contributed by atoms with Crippen LogP contribution in [-0.2, 0) is 5.41 Å². The Kier molecular flexibility index (Phi) is 7.27. The molecule has 280 valence electrons. The van der Waals surface area contributed by atoms with Crippen LogP contribution in [0.15, 0.2) is 196 Å². The predicted molar refractivity (Wildman–Crippen MR) is 243 cm³/mol. The van der Waals surface area contributed by atoms with Crippen molar-refractivity contribution >= 4 is 55.4 Å². The van der Waals surface area contributed by atoms with Crippen LogP contribution >= 0.6 is 0 Å². The van der Waals surface area contributed by atoms with Gasteiger partial charge in [0.1, 0.15) is 23.2 Å². The quantitative estimate of drug-likeness (QED) is 0.190. The zero-order valence-corrected chi connectivity index (χ0v) is 32.6. The summed E-state index contributed by atoms with van der Waals surface area (Å²) in [6.45, 7) is 4.63. The Morgan fingerprint density at radius 1 is 0.508 bits per heavy atom. The zero-order chi connectivity index (χ0) is 39.2. The molecule has 0 spiro atoms. The van der Waals surface area contributed by atoms with Crippen LogP contribution in [0.3, 0.4) is 0 Å². The van der Waals surface area contributed by atoms with Gasteiger partial charge >= 0.3 is 0 Å². The average molecular weight is 759 g/mol. The third kappa shape index (κ3) is 5.24. The van der Waals surface area contributed by atoms with Crippen molar-refractivity contribution in [3.63, 3.8) is 0 Å². The second kappa shape index (κ2) is 12.8. The lowest BCUT2D eigenvalue weighted by Gasteiger charge is -2.26. The van der Waals surface area contributed by atoms with Gasteiger partial charge in [0.25, 0.3) is 0 Å². The Balaban J connectivity index is 0.946. The maximum Gasteiger partial charge on any atom is 0.159 e. The molecule has 8 aromatic carbocycles. The van der Waals surface area contributed by atoms with Crippen molar-refractivity contribution in [3.05, 3.63) is 210 Å². The first-order valence-corrected chi connectivity index (χ1v) is 20.3. The molecular weight excluding hydrogens is 721 g/mol. The number of hydrogen-bond donors (Lipinski definition) is 1. The number of fused-ring (bicyclic) bond motifs is 9. The number of furan rings is 1. The van der Waals surface area contributed by atoms with Gasteiger partial charge in [-0.2, -0.15) is 0 Å². The van der Waals surface area contributed by atoms with Crippen molar-refractivity contribution in [2.75, 3.05) is 0 Å². The van der Waals surface area contributed by atoms with E-state index in [1.54, 1.807) is 0 Å². The average Bonchev–Trinajstić information content (AvgIpc) is 3.91. The van der Waals surface area contributed by atoms with Gasteiger partial charge in [-0.15, -0.1) is 0 Å². The molecule has 1 N–H and O–H groups in total. The van der Waals surface area contributed by atoms with Crippen LogP contribution in [-0.4, -0.2) is 16.2 Å². The summed E-state index contributed by atoms with van der Waals surface area (Å²) in [5, 5.41) is 8.31. The fourth-order valence-corrected chi connectivity index (χ4v) is 9.49. The van der Waals surface area contributed by atoms with Gasteiger partial charge in [0.05, 0.1) is 11.0 Å². The number of hydrogen-bond acceptors (Lipinski definition) is 4. The summed E-state index contributed by atoms with van der Waals surface area (Å²) in [7, 11) is 0. The zero-order valence-electron chi connectivity index (χ0n) is 32.6. The highest BCUT2D eigenvalue weighted by molar-refractivity contribution is 6.15. The van der Waals surface area contributed by atoms with Crippen molar-refractivity contribution in [2.45, 2.75) is 25.4 Å². The molecule has 3 heterocycles. The van der Waals surface area contributed by atoms with Crippen molar-refractivity contribution in [2.24, 2.45) is 9.98 Å². The van der Waals surface area contributed by atoms with Crippen LogP contribution in [0.4, 0.5) is 0 Å². The van der Waals surface area contributed by atoms with Crippen LogP contribution in [0.2, 0.25) is 0 Å². The standard InChI is InChI=1S/C54H38N4O/c1-54(2)45-19-11-9-17-39(45)40-25-22-36(29-46(40)54)52-55-51(34-15-7-4-8-16-34)56-53(57-52)37-23-27-43-44-28-24-38(32-50(44)59-49(43)31-37)58-47-20-12-10-18-41(47)42-26-21-35(30-48(42)58)33-13-5-3-6-14-33/h3-32,52H,1-2H3,(H,55,56,57). The molecule has 59 heavy (non-hydrogen) atoms. The van der Waals surface area contributed by atoms with E-state index in [0.29, 0.717) is 5.84 Å². The second-order valence-electron chi connectivity index (χ2n) is 16.2. The molecule has 2 aliphatic rings. The Morgan fingerprint density at radius 3 is 2.02 bits per heavy atom. The molecule has 12 rings (SSSR count). The molecule has 0 bridgehead atoms. The van der Waals surface area contributed by atoms with Crippen LogP contribution in [0, 0.1) is 0 Å². The Labute approximate surface area is 341 Å². The van der Waals surface area contributed by atoms with E-state index in [-0.39, 0.29) is 11.6 Å². The molecule has 0 saturated heterocycles. The number of aliphatic imine (C=N–C) groups is 2. The van der Waals surface area contributed by atoms with Gasteiger partial charge in [-0.3, -0.25) is 0 Å². The monoisotopic (exact) mass is 758 g/mol. The third-order valence-corrected chi connectivity index (χ3v) is 12.5. The summed E-state index contributed by atoms with van der Waals surface area (Å²) in [6.07, 6.45) is -0.329. The lowest BCUT2D eigenvalue weighted by atomic mass is 9.82. The van der Waals surface area contributed by atoms with E-state index in [1.165, 1.54) is 44.2 Å². The van der Waals surface area contributed by atoms with Gasteiger partial charge in [0.2, 0.25) is 0 Å². The summed E-state index contributed by atoms with van der Waals surface area (Å²) in [4.78, 5) is 10.3. The summed E-state index contributed by atoms with van der Waals surface area (Å²) >= 11 is 0. The highest BCUT2D eigenvalue weighted by atomic mass is 16.3. The first-order valence-electron chi connectivity index (χ1n) is 20.3. The van der Waals surface area contributed by atoms with E-state index in [1.807, 2.05) is 18.2 Å². The second-order valence-corrected chi connectivity index (χ2v) is 16.2. The van der Waals surface area contributed by atoms with E-state index in [0.717, 1.165) is 61.2 Å². The van der Waals surface area contributed by atoms with Crippen LogP contribution < -0.4 is 5.32 Å². The molecule has 0 amide bonds. The number of amidine groups is 2. The van der Waals surface area contributed by atoms with E-state index < -0.39 is 0 Å². The van der Waals surface area contributed by atoms with Gasteiger partial charge in [-0.05, 0) is 75.3 Å². The van der Waals surface area contributed by atoms with Gasteiger partial charge in [0.15, 0.2) is 5.84 Å². The first-order chi connectivity index (χ1) is 29.0. The molecular formula is C54H38N4O. The summed E-state index contributed by atoms with van der Waals surface area (Å²) in [5.41, 5.74) is 15.6. The van der Waals surface area contributed by atoms with E-state index in [4.69, 9.17) is 14.4 Å². The molecule has 0 radical (unpaired) electrons. The molecule has 10 aromatic rings. The normalized spacial score (nSPS) is 15.6. The van der Waals surface area contributed by atoms with Crippen molar-refractivity contribution in [1.82, 2.24) is 9.88 Å². The van der Waals surface area contributed by atoms with Crippen molar-refractivity contribution in [1.29, 1.82) is 0 Å². The minimum Gasteiger partial charge on any atom is -0.456 e. The van der Waals surface area contributed by atoms with Gasteiger partial charge in [0, 0.05) is 49.8 Å². The first kappa shape index (κ1) is 33.6. The minimum atomic E-state index is -0.329. The highest BCUT2D eigenvalue weighted by Gasteiger charge is 2.36. The molecule has 2 aromatic heterocycles. The molecule has 5 nitrogen and oxygen atoms in total. The fourth-order valence-electron chi connectivity index (χ4n) is 9.49. The maximum absolute atomic E-state index is 6.74. The lowest BCUT2D eigenvalue weighted by Crippen LogP contribution is -2.33. The number of para-hydroxylation sites is 1. The Morgan fingerprint density at radius 2 is 1.17 bits per heavy atom. The molecule has 0 saturated carbocycles. The largest absolute Gasteiger partial charge is 0.456 e. The molecule has 1 aliphatic heterocycles.